The molecule has 1 rings (SSSR count). The van der Waals surface area contributed by atoms with E-state index < -0.39 is 12.0 Å². The zero-order valence-corrected chi connectivity index (χ0v) is 8.79. The zero-order chi connectivity index (χ0) is 11.4. The highest BCUT2D eigenvalue weighted by Crippen LogP contribution is 2.12. The van der Waals surface area contributed by atoms with Gasteiger partial charge < -0.3 is 10.5 Å². The molecule has 0 spiro atoms. The molecular formula is C11H14FNO2. The molecule has 4 heteroatoms. The van der Waals surface area contributed by atoms with Crippen LogP contribution in [0.4, 0.5) is 4.39 Å². The number of aryl methyl sites for hydroxylation is 1. The lowest BCUT2D eigenvalue weighted by molar-refractivity contribution is -0.142. The van der Waals surface area contributed by atoms with Crippen LogP contribution in [0.3, 0.4) is 0 Å². The van der Waals surface area contributed by atoms with Crippen molar-refractivity contribution in [1.29, 1.82) is 0 Å². The molecule has 3 nitrogen and oxygen atoms in total. The molecular weight excluding hydrogens is 197 g/mol. The first-order valence-electron chi connectivity index (χ1n) is 4.63. The van der Waals surface area contributed by atoms with Gasteiger partial charge in [-0.1, -0.05) is 6.07 Å². The number of hydrogen-bond acceptors (Lipinski definition) is 3. The van der Waals surface area contributed by atoms with E-state index in [1.807, 2.05) is 6.92 Å². The van der Waals surface area contributed by atoms with Gasteiger partial charge in [-0.3, -0.25) is 4.79 Å². The van der Waals surface area contributed by atoms with Crippen molar-refractivity contribution in [1.82, 2.24) is 0 Å². The smallest absolute Gasteiger partial charge is 0.322 e. The van der Waals surface area contributed by atoms with Gasteiger partial charge in [-0.05, 0) is 36.6 Å². The van der Waals surface area contributed by atoms with Crippen molar-refractivity contribution in [2.24, 2.45) is 5.73 Å². The van der Waals surface area contributed by atoms with E-state index in [1.165, 1.54) is 19.2 Å². The molecule has 82 valence electrons. The van der Waals surface area contributed by atoms with E-state index in [2.05, 4.69) is 4.74 Å². The predicted octanol–water partition coefficient (Wildman–Crippen LogP) is 1.18. The third kappa shape index (κ3) is 3.02. The van der Waals surface area contributed by atoms with Crippen LogP contribution < -0.4 is 5.73 Å². The molecule has 0 amide bonds. The van der Waals surface area contributed by atoms with Gasteiger partial charge in [0.25, 0.3) is 0 Å². The van der Waals surface area contributed by atoms with Gasteiger partial charge in [-0.25, -0.2) is 4.39 Å². The maximum Gasteiger partial charge on any atom is 0.322 e. The topological polar surface area (TPSA) is 52.3 Å². The molecule has 0 bridgehead atoms. The number of carbonyl (C=O) groups excluding carboxylic acids is 1. The van der Waals surface area contributed by atoms with Crippen molar-refractivity contribution in [3.63, 3.8) is 0 Å². The summed E-state index contributed by atoms with van der Waals surface area (Å²) in [5.74, 6) is -0.814. The van der Waals surface area contributed by atoms with Gasteiger partial charge in [-0.2, -0.15) is 0 Å². The fourth-order valence-corrected chi connectivity index (χ4v) is 1.33. The van der Waals surface area contributed by atoms with Crippen molar-refractivity contribution in [3.8, 4) is 0 Å². The molecule has 2 N–H and O–H groups in total. The summed E-state index contributed by atoms with van der Waals surface area (Å²) in [5.41, 5.74) is 7.22. The fraction of sp³-hybridized carbons (Fsp3) is 0.364. The summed E-state index contributed by atoms with van der Waals surface area (Å²) < 4.78 is 17.4. The number of rotatable bonds is 3. The van der Waals surface area contributed by atoms with Gasteiger partial charge in [0.05, 0.1) is 7.11 Å². The van der Waals surface area contributed by atoms with Crippen LogP contribution in [0.2, 0.25) is 0 Å². The Morgan fingerprint density at radius 1 is 1.60 bits per heavy atom. The van der Waals surface area contributed by atoms with E-state index in [0.717, 1.165) is 11.1 Å². The van der Waals surface area contributed by atoms with Gasteiger partial charge in [0.1, 0.15) is 11.9 Å². The SMILES string of the molecule is COC(=O)[C@@H](N)Cc1cc(F)ccc1C. The van der Waals surface area contributed by atoms with Crippen LogP contribution in [-0.2, 0) is 16.0 Å². The molecule has 0 aliphatic heterocycles. The number of carbonyl (C=O) groups is 1. The summed E-state index contributed by atoms with van der Waals surface area (Å²) in [6.07, 6.45) is 0.288. The summed E-state index contributed by atoms with van der Waals surface area (Å²) in [6.45, 7) is 1.85. The first-order chi connectivity index (χ1) is 7.04. The van der Waals surface area contributed by atoms with Crippen LogP contribution in [-0.4, -0.2) is 19.1 Å². The second-order valence-corrected chi connectivity index (χ2v) is 3.40. The Labute approximate surface area is 88.0 Å². The first-order valence-corrected chi connectivity index (χ1v) is 4.63. The van der Waals surface area contributed by atoms with E-state index in [0.29, 0.717) is 0 Å². The van der Waals surface area contributed by atoms with E-state index in [4.69, 9.17) is 5.73 Å². The summed E-state index contributed by atoms with van der Waals surface area (Å²) in [6, 6.07) is 3.69. The number of methoxy groups -OCH3 is 1. The Balaban J connectivity index is 2.80. The second kappa shape index (κ2) is 4.89. The molecule has 0 radical (unpaired) electrons. The van der Waals surface area contributed by atoms with Crippen LogP contribution in [0.5, 0.6) is 0 Å². The predicted molar refractivity (Wildman–Crippen MR) is 54.8 cm³/mol. The summed E-state index contributed by atoms with van der Waals surface area (Å²) >= 11 is 0. The quantitative estimate of drug-likeness (QED) is 0.764. The molecule has 1 atom stereocenters. The molecule has 0 aromatic heterocycles. The molecule has 1 aromatic rings. The minimum atomic E-state index is -0.740. The van der Waals surface area contributed by atoms with Crippen LogP contribution in [0, 0.1) is 12.7 Å². The maximum atomic E-state index is 12.9. The highest BCUT2D eigenvalue weighted by atomic mass is 19.1. The normalized spacial score (nSPS) is 12.3. The molecule has 0 fully saturated rings. The number of nitrogens with two attached hydrogens (primary N) is 1. The minimum Gasteiger partial charge on any atom is -0.468 e. The van der Waals surface area contributed by atoms with Crippen molar-refractivity contribution in [2.45, 2.75) is 19.4 Å². The molecule has 0 unspecified atom stereocenters. The van der Waals surface area contributed by atoms with Crippen molar-refractivity contribution >= 4 is 5.97 Å². The monoisotopic (exact) mass is 211 g/mol. The standard InChI is InChI=1S/C11H14FNO2/c1-7-3-4-9(12)5-8(7)6-10(13)11(14)15-2/h3-5,10H,6,13H2,1-2H3/t10-/m0/s1. The number of ether oxygens (including phenoxy) is 1. The van der Waals surface area contributed by atoms with E-state index in [9.17, 15) is 9.18 Å². The Kier molecular flexibility index (Phi) is 3.80. The Hall–Kier alpha value is -1.42. The second-order valence-electron chi connectivity index (χ2n) is 3.40. The first kappa shape index (κ1) is 11.7. The lowest BCUT2D eigenvalue weighted by Gasteiger charge is -2.11. The summed E-state index contributed by atoms with van der Waals surface area (Å²) in [5, 5.41) is 0. The molecule has 0 aliphatic carbocycles. The molecule has 0 saturated carbocycles. The highest BCUT2D eigenvalue weighted by molar-refractivity contribution is 5.75. The Morgan fingerprint density at radius 3 is 2.87 bits per heavy atom. The third-order valence-corrected chi connectivity index (χ3v) is 2.25. The number of halogens is 1. The number of esters is 1. The van der Waals surface area contributed by atoms with E-state index in [1.54, 1.807) is 6.07 Å². The van der Waals surface area contributed by atoms with Gasteiger partial charge >= 0.3 is 5.97 Å². The fourth-order valence-electron chi connectivity index (χ4n) is 1.33. The van der Waals surface area contributed by atoms with Gasteiger partial charge in [0.2, 0.25) is 0 Å². The van der Waals surface area contributed by atoms with Gasteiger partial charge in [0, 0.05) is 0 Å². The molecule has 1 aromatic carbocycles. The van der Waals surface area contributed by atoms with Crippen molar-refractivity contribution < 1.29 is 13.9 Å². The minimum absolute atomic E-state index is 0.288. The van der Waals surface area contributed by atoms with Crippen LogP contribution in [0.1, 0.15) is 11.1 Å². The number of hydrogen-bond donors (Lipinski definition) is 1. The maximum absolute atomic E-state index is 12.9. The van der Waals surface area contributed by atoms with E-state index in [-0.39, 0.29) is 12.2 Å². The zero-order valence-electron chi connectivity index (χ0n) is 8.79. The average molecular weight is 211 g/mol. The third-order valence-electron chi connectivity index (χ3n) is 2.25. The molecule has 0 heterocycles. The van der Waals surface area contributed by atoms with Crippen LogP contribution in [0.15, 0.2) is 18.2 Å². The van der Waals surface area contributed by atoms with E-state index >= 15 is 0 Å². The van der Waals surface area contributed by atoms with Crippen molar-refractivity contribution in [3.05, 3.63) is 35.1 Å². The number of benzene rings is 1. The van der Waals surface area contributed by atoms with Crippen LogP contribution >= 0.6 is 0 Å². The summed E-state index contributed by atoms with van der Waals surface area (Å²) in [7, 11) is 1.28. The molecule has 0 aliphatic rings. The largest absolute Gasteiger partial charge is 0.468 e. The average Bonchev–Trinajstić information content (AvgIpc) is 2.22. The van der Waals surface area contributed by atoms with Crippen LogP contribution in [0.25, 0.3) is 0 Å². The molecule has 0 saturated heterocycles. The highest BCUT2D eigenvalue weighted by Gasteiger charge is 2.15. The van der Waals surface area contributed by atoms with Gasteiger partial charge in [-0.15, -0.1) is 0 Å². The Bertz CT molecular complexity index is 366. The lowest BCUT2D eigenvalue weighted by atomic mass is 10.0. The molecule has 15 heavy (non-hydrogen) atoms. The Morgan fingerprint density at radius 2 is 2.27 bits per heavy atom. The van der Waals surface area contributed by atoms with Gasteiger partial charge in [0.15, 0.2) is 0 Å². The van der Waals surface area contributed by atoms with Crippen molar-refractivity contribution in [2.75, 3.05) is 7.11 Å². The summed E-state index contributed by atoms with van der Waals surface area (Å²) in [4.78, 5) is 11.1. The lowest BCUT2D eigenvalue weighted by Crippen LogP contribution is -2.33.